The van der Waals surface area contributed by atoms with Crippen molar-refractivity contribution in [2.45, 2.75) is 31.6 Å². The molecule has 226 valence electrons. The summed E-state index contributed by atoms with van der Waals surface area (Å²) in [6.45, 7) is 4.76. The zero-order chi connectivity index (χ0) is 31.5. The van der Waals surface area contributed by atoms with Gasteiger partial charge in [-0.05, 0) is 93.9 Å². The summed E-state index contributed by atoms with van der Waals surface area (Å²) in [5, 5.41) is 2.71. The first kappa shape index (κ1) is 28.1. The van der Waals surface area contributed by atoms with E-state index in [1.165, 1.54) is 70.5 Å². The summed E-state index contributed by atoms with van der Waals surface area (Å²) in [5.74, 6) is 0.387. The van der Waals surface area contributed by atoms with Gasteiger partial charge in [-0.15, -0.1) is 11.3 Å². The Kier molecular flexibility index (Phi) is 6.55. The first-order chi connectivity index (χ1) is 23.0. The second-order valence-corrected chi connectivity index (χ2v) is 14.4. The van der Waals surface area contributed by atoms with Gasteiger partial charge < -0.3 is 4.90 Å². The quantitative estimate of drug-likeness (QED) is 0.185. The highest BCUT2D eigenvalue weighted by Gasteiger charge is 2.36. The molecule has 0 spiro atoms. The highest BCUT2D eigenvalue weighted by molar-refractivity contribution is 7.25. The Balaban J connectivity index is 1.17. The summed E-state index contributed by atoms with van der Waals surface area (Å²) in [7, 11) is 0. The van der Waals surface area contributed by atoms with Crippen molar-refractivity contribution in [1.82, 2.24) is 0 Å². The number of allylic oxidation sites excluding steroid dienone is 3. The van der Waals surface area contributed by atoms with E-state index in [0.717, 1.165) is 12.1 Å². The van der Waals surface area contributed by atoms with Crippen LogP contribution in [0.2, 0.25) is 0 Å². The fraction of sp³-hybridized carbons (Fsp3) is 0.111. The van der Waals surface area contributed by atoms with Crippen LogP contribution in [0.5, 0.6) is 0 Å². The van der Waals surface area contributed by atoms with Gasteiger partial charge in [-0.25, -0.2) is 0 Å². The van der Waals surface area contributed by atoms with Crippen LogP contribution in [0.3, 0.4) is 0 Å². The largest absolute Gasteiger partial charge is 0.311 e. The van der Waals surface area contributed by atoms with Crippen LogP contribution in [-0.2, 0) is 5.41 Å². The topological polar surface area (TPSA) is 3.24 Å². The Bertz CT molecular complexity index is 2340. The molecule has 0 radical (unpaired) electrons. The van der Waals surface area contributed by atoms with Crippen molar-refractivity contribution in [2.24, 2.45) is 0 Å². The van der Waals surface area contributed by atoms with Gasteiger partial charge in [0.2, 0.25) is 0 Å². The molecule has 1 nitrogen and oxygen atoms in total. The number of fused-ring (bicyclic) bond motifs is 6. The molecule has 0 aliphatic heterocycles. The van der Waals surface area contributed by atoms with Crippen molar-refractivity contribution >= 4 is 42.9 Å². The Morgan fingerprint density at radius 2 is 1.28 bits per heavy atom. The molecule has 0 N–H and O–H groups in total. The third kappa shape index (κ3) is 4.67. The van der Waals surface area contributed by atoms with Gasteiger partial charge in [0.15, 0.2) is 0 Å². The molecule has 0 bridgehead atoms. The van der Waals surface area contributed by atoms with Gasteiger partial charge in [-0.1, -0.05) is 123 Å². The highest BCUT2D eigenvalue weighted by atomic mass is 32.1. The Morgan fingerprint density at radius 3 is 2.04 bits per heavy atom. The molecule has 1 heterocycles. The number of benzene rings is 6. The van der Waals surface area contributed by atoms with E-state index in [1.54, 1.807) is 0 Å². The summed E-state index contributed by atoms with van der Waals surface area (Å²) >= 11 is 1.91. The van der Waals surface area contributed by atoms with E-state index < -0.39 is 0 Å². The maximum Gasteiger partial charge on any atom is 0.0467 e. The summed E-state index contributed by atoms with van der Waals surface area (Å²) in [6, 6.07) is 51.4. The molecule has 1 aromatic heterocycles. The standard InChI is InChI=1S/C45H35NS/c1-45(2)41-26-25-36(27-38(41)39-28-40-37-15-9-10-16-43(37)47-44(40)29-42(39)45)46(34-21-17-32(18-22-34)30-11-5-3-6-12-30)35-23-19-33(20-24-35)31-13-7-4-8-14-31/h3-19,21-29,33H,20H2,1-2H3. The minimum absolute atomic E-state index is 0.0668. The van der Waals surface area contributed by atoms with E-state index >= 15 is 0 Å². The molecule has 2 aliphatic carbocycles. The molecule has 2 aliphatic rings. The second kappa shape index (κ2) is 11.0. The number of nitrogens with zero attached hydrogens (tertiary/aromatic N) is 1. The van der Waals surface area contributed by atoms with Gasteiger partial charge in [0.1, 0.15) is 0 Å². The lowest BCUT2D eigenvalue weighted by atomic mass is 9.82. The van der Waals surface area contributed by atoms with Crippen LogP contribution in [0.1, 0.15) is 42.9 Å². The maximum absolute atomic E-state index is 2.46. The lowest BCUT2D eigenvalue weighted by Gasteiger charge is -2.30. The lowest BCUT2D eigenvalue weighted by Crippen LogP contribution is -2.18. The van der Waals surface area contributed by atoms with E-state index in [0.29, 0.717) is 5.92 Å². The van der Waals surface area contributed by atoms with Crippen LogP contribution in [-0.4, -0.2) is 0 Å². The zero-order valence-corrected chi connectivity index (χ0v) is 27.5. The molecule has 0 fully saturated rings. The van der Waals surface area contributed by atoms with Crippen LogP contribution < -0.4 is 4.90 Å². The van der Waals surface area contributed by atoms with Gasteiger partial charge in [0.25, 0.3) is 0 Å². The zero-order valence-electron chi connectivity index (χ0n) is 26.7. The van der Waals surface area contributed by atoms with Crippen LogP contribution in [0, 0.1) is 0 Å². The molecular formula is C45H35NS. The van der Waals surface area contributed by atoms with E-state index in [4.69, 9.17) is 0 Å². The smallest absolute Gasteiger partial charge is 0.0467 e. The van der Waals surface area contributed by atoms with Crippen LogP contribution in [0.25, 0.3) is 42.4 Å². The molecule has 9 rings (SSSR count). The monoisotopic (exact) mass is 621 g/mol. The third-order valence-electron chi connectivity index (χ3n) is 10.2. The Hall–Kier alpha value is -5.18. The second-order valence-electron chi connectivity index (χ2n) is 13.3. The summed E-state index contributed by atoms with van der Waals surface area (Å²) in [5.41, 5.74) is 12.8. The predicted octanol–water partition coefficient (Wildman–Crippen LogP) is 12.8. The predicted molar refractivity (Wildman–Crippen MR) is 202 cm³/mol. The average molecular weight is 622 g/mol. The fourth-order valence-electron chi connectivity index (χ4n) is 7.70. The molecule has 0 saturated carbocycles. The number of anilines is 2. The first-order valence-corrected chi connectivity index (χ1v) is 17.4. The van der Waals surface area contributed by atoms with E-state index in [9.17, 15) is 0 Å². The SMILES string of the molecule is CC1(C)c2ccc(N(C3=CCC(c4ccccc4)C=C3)c3ccc(-c4ccccc4)cc3)cc2-c2cc3c(cc21)sc1ccccc13. The lowest BCUT2D eigenvalue weighted by molar-refractivity contribution is 0.661. The third-order valence-corrected chi connectivity index (χ3v) is 11.3. The van der Waals surface area contributed by atoms with Crippen molar-refractivity contribution in [1.29, 1.82) is 0 Å². The summed E-state index contributed by atoms with van der Waals surface area (Å²) < 4.78 is 2.73. The minimum Gasteiger partial charge on any atom is -0.311 e. The van der Waals surface area contributed by atoms with E-state index in [2.05, 4.69) is 177 Å². The van der Waals surface area contributed by atoms with E-state index in [-0.39, 0.29) is 5.41 Å². The Morgan fingerprint density at radius 1 is 0.596 bits per heavy atom. The Labute approximate surface area is 280 Å². The molecule has 0 saturated heterocycles. The van der Waals surface area contributed by atoms with Crippen molar-refractivity contribution in [2.75, 3.05) is 4.90 Å². The van der Waals surface area contributed by atoms with Crippen molar-refractivity contribution < 1.29 is 0 Å². The molecule has 7 aromatic rings. The summed E-state index contributed by atoms with van der Waals surface area (Å²) in [6.07, 6.45) is 8.08. The van der Waals surface area contributed by atoms with E-state index in [1.807, 2.05) is 11.3 Å². The normalized spacial score (nSPS) is 16.2. The minimum atomic E-state index is -0.0668. The molecular weight excluding hydrogens is 587 g/mol. The highest BCUT2D eigenvalue weighted by Crippen LogP contribution is 2.53. The molecule has 1 atom stereocenters. The molecule has 6 aromatic carbocycles. The molecule has 0 amide bonds. The van der Waals surface area contributed by atoms with Crippen LogP contribution in [0.4, 0.5) is 11.4 Å². The van der Waals surface area contributed by atoms with Gasteiger partial charge in [0.05, 0.1) is 0 Å². The van der Waals surface area contributed by atoms with Gasteiger partial charge in [-0.3, -0.25) is 0 Å². The molecule has 2 heteroatoms. The fourth-order valence-corrected chi connectivity index (χ4v) is 8.83. The van der Waals surface area contributed by atoms with Crippen molar-refractivity contribution in [3.63, 3.8) is 0 Å². The van der Waals surface area contributed by atoms with Gasteiger partial charge in [-0.2, -0.15) is 0 Å². The summed E-state index contributed by atoms with van der Waals surface area (Å²) in [4.78, 5) is 2.44. The van der Waals surface area contributed by atoms with Gasteiger partial charge >= 0.3 is 0 Å². The van der Waals surface area contributed by atoms with Crippen molar-refractivity contribution in [3.05, 3.63) is 180 Å². The van der Waals surface area contributed by atoms with Crippen molar-refractivity contribution in [3.8, 4) is 22.3 Å². The number of hydrogen-bond donors (Lipinski definition) is 0. The number of hydrogen-bond acceptors (Lipinski definition) is 2. The van der Waals surface area contributed by atoms with Gasteiger partial charge in [0, 0.05) is 48.6 Å². The first-order valence-electron chi connectivity index (χ1n) is 16.5. The van der Waals surface area contributed by atoms with Crippen LogP contribution in [0.15, 0.2) is 163 Å². The maximum atomic E-state index is 2.46. The average Bonchev–Trinajstić information content (AvgIpc) is 3.60. The number of rotatable bonds is 5. The molecule has 1 unspecified atom stereocenters. The number of thiophene rings is 1. The molecule has 47 heavy (non-hydrogen) atoms. The van der Waals surface area contributed by atoms with Crippen LogP contribution >= 0.6 is 11.3 Å².